The van der Waals surface area contributed by atoms with E-state index in [1.165, 1.54) is 0 Å². The normalized spacial score (nSPS) is 13.3. The zero-order chi connectivity index (χ0) is 26.7. The number of fused-ring (bicyclic) bond motifs is 2. The van der Waals surface area contributed by atoms with Crippen LogP contribution in [0, 0.1) is 0 Å². The summed E-state index contributed by atoms with van der Waals surface area (Å²) >= 11 is 0. The number of hydrogen-bond donors (Lipinski definition) is 2. The first kappa shape index (κ1) is 27.3. The number of hydrogen-bond acceptors (Lipinski definition) is 4. The molecule has 3 rings (SSSR count). The molecule has 6 heteroatoms. The van der Waals surface area contributed by atoms with E-state index in [1.807, 2.05) is 24.3 Å². The highest BCUT2D eigenvalue weighted by Crippen LogP contribution is 2.37. The molecule has 0 aromatic heterocycles. The third-order valence-corrected chi connectivity index (χ3v) is 7.47. The third-order valence-electron chi connectivity index (χ3n) is 7.47. The fourth-order valence-electron chi connectivity index (χ4n) is 4.97. The zero-order valence-electron chi connectivity index (χ0n) is 21.6. The van der Waals surface area contributed by atoms with Crippen molar-refractivity contribution in [2.24, 2.45) is 0 Å². The van der Waals surface area contributed by atoms with Crippen LogP contribution in [-0.4, -0.2) is 33.7 Å². The van der Waals surface area contributed by atoms with Crippen LogP contribution >= 0.6 is 0 Å². The van der Waals surface area contributed by atoms with Gasteiger partial charge >= 0.3 is 11.9 Å². The van der Waals surface area contributed by atoms with Gasteiger partial charge in [-0.3, -0.25) is 19.2 Å². The van der Waals surface area contributed by atoms with Crippen LogP contribution in [0.2, 0.25) is 0 Å². The fraction of sp³-hybridized carbons (Fsp3) is 0.467. The van der Waals surface area contributed by atoms with E-state index >= 15 is 0 Å². The molecule has 0 fully saturated rings. The van der Waals surface area contributed by atoms with Crippen LogP contribution in [0.25, 0.3) is 0 Å². The van der Waals surface area contributed by atoms with Crippen LogP contribution < -0.4 is 0 Å². The minimum absolute atomic E-state index is 0.141. The van der Waals surface area contributed by atoms with Gasteiger partial charge in [0.25, 0.3) is 0 Å². The van der Waals surface area contributed by atoms with Gasteiger partial charge in [-0.1, -0.05) is 52.7 Å². The van der Waals surface area contributed by atoms with Crippen LogP contribution in [-0.2, 0) is 20.4 Å². The van der Waals surface area contributed by atoms with E-state index in [-0.39, 0.29) is 35.2 Å². The maximum absolute atomic E-state index is 13.6. The van der Waals surface area contributed by atoms with E-state index in [9.17, 15) is 19.2 Å². The van der Waals surface area contributed by atoms with E-state index in [2.05, 4.69) is 27.7 Å². The molecule has 0 saturated carbocycles. The Kier molecular flexibility index (Phi) is 8.17. The first-order chi connectivity index (χ1) is 16.8. The molecule has 0 spiro atoms. The SMILES string of the molecule is CC(C)(CCCCC(=O)O)c1ccc2c(c1)C(=O)c1cc(C(C)(C)CCCCC(=O)O)ccc1C2=O. The second kappa shape index (κ2) is 10.8. The van der Waals surface area contributed by atoms with Gasteiger partial charge in [-0.2, -0.15) is 0 Å². The number of carboxylic acids is 2. The highest BCUT2D eigenvalue weighted by molar-refractivity contribution is 6.28. The predicted octanol–water partition coefficient (Wildman–Crippen LogP) is 6.31. The lowest BCUT2D eigenvalue weighted by molar-refractivity contribution is -0.138. The quantitative estimate of drug-likeness (QED) is 0.287. The Morgan fingerprint density at radius 2 is 0.972 bits per heavy atom. The zero-order valence-corrected chi connectivity index (χ0v) is 21.6. The van der Waals surface area contributed by atoms with Gasteiger partial charge in [0.1, 0.15) is 0 Å². The Bertz CT molecular complexity index is 1100. The molecule has 0 aliphatic heterocycles. The van der Waals surface area contributed by atoms with Crippen LogP contribution in [0.1, 0.15) is 122 Å². The number of aliphatic carboxylic acids is 2. The van der Waals surface area contributed by atoms with Crippen molar-refractivity contribution in [3.05, 3.63) is 69.8 Å². The van der Waals surface area contributed by atoms with E-state index in [0.717, 1.165) is 36.8 Å². The van der Waals surface area contributed by atoms with Crippen molar-refractivity contribution in [2.75, 3.05) is 0 Å². The molecule has 0 saturated heterocycles. The summed E-state index contributed by atoms with van der Waals surface area (Å²) in [5, 5.41) is 17.8. The van der Waals surface area contributed by atoms with Crippen molar-refractivity contribution < 1.29 is 29.4 Å². The van der Waals surface area contributed by atoms with Crippen molar-refractivity contribution in [3.8, 4) is 0 Å². The minimum atomic E-state index is -0.799. The Morgan fingerprint density at radius 3 is 1.33 bits per heavy atom. The molecule has 192 valence electrons. The molecular formula is C30H36O6. The smallest absolute Gasteiger partial charge is 0.303 e. The summed E-state index contributed by atoms with van der Waals surface area (Å²) in [5.74, 6) is -1.91. The molecule has 2 aromatic carbocycles. The summed E-state index contributed by atoms with van der Waals surface area (Å²) in [4.78, 5) is 48.5. The average molecular weight is 493 g/mol. The lowest BCUT2D eigenvalue weighted by atomic mass is 9.74. The Balaban J connectivity index is 1.85. The molecule has 1 aliphatic carbocycles. The molecule has 36 heavy (non-hydrogen) atoms. The first-order valence-electron chi connectivity index (χ1n) is 12.7. The molecule has 1 aliphatic rings. The first-order valence-corrected chi connectivity index (χ1v) is 12.7. The molecule has 0 amide bonds. The summed E-state index contributed by atoms with van der Waals surface area (Å²) in [6.07, 6.45) is 4.56. The molecule has 6 nitrogen and oxygen atoms in total. The molecule has 0 unspecified atom stereocenters. The Labute approximate surface area is 212 Å². The predicted molar refractivity (Wildman–Crippen MR) is 138 cm³/mol. The van der Waals surface area contributed by atoms with Gasteiger partial charge < -0.3 is 10.2 Å². The van der Waals surface area contributed by atoms with Gasteiger partial charge in [-0.15, -0.1) is 0 Å². The lowest BCUT2D eigenvalue weighted by Gasteiger charge is -2.29. The molecule has 0 bridgehead atoms. The highest BCUT2D eigenvalue weighted by Gasteiger charge is 2.33. The van der Waals surface area contributed by atoms with Gasteiger partial charge in [-0.05, 0) is 71.9 Å². The van der Waals surface area contributed by atoms with Crippen molar-refractivity contribution in [1.82, 2.24) is 0 Å². The second-order valence-corrected chi connectivity index (χ2v) is 11.1. The maximum atomic E-state index is 13.6. The maximum Gasteiger partial charge on any atom is 0.303 e. The number of benzene rings is 2. The molecule has 2 aromatic rings. The lowest BCUT2D eigenvalue weighted by Crippen LogP contribution is -2.25. The van der Waals surface area contributed by atoms with E-state index < -0.39 is 11.9 Å². The Morgan fingerprint density at radius 1 is 0.611 bits per heavy atom. The summed E-state index contributed by atoms with van der Waals surface area (Å²) in [5.41, 5.74) is 3.04. The summed E-state index contributed by atoms with van der Waals surface area (Å²) in [7, 11) is 0. The minimum Gasteiger partial charge on any atom is -0.481 e. The topological polar surface area (TPSA) is 109 Å². The largest absolute Gasteiger partial charge is 0.481 e. The number of rotatable bonds is 12. The van der Waals surface area contributed by atoms with Gasteiger partial charge in [0, 0.05) is 35.1 Å². The monoisotopic (exact) mass is 492 g/mol. The van der Waals surface area contributed by atoms with Crippen molar-refractivity contribution in [3.63, 3.8) is 0 Å². The second-order valence-electron chi connectivity index (χ2n) is 11.1. The summed E-state index contributed by atoms with van der Waals surface area (Å²) in [6, 6.07) is 11.0. The van der Waals surface area contributed by atoms with Gasteiger partial charge in [0.15, 0.2) is 11.6 Å². The number of carbonyl (C=O) groups excluding carboxylic acids is 2. The van der Waals surface area contributed by atoms with Gasteiger partial charge in [-0.25, -0.2) is 0 Å². The number of ketones is 2. The van der Waals surface area contributed by atoms with Crippen LogP contribution in [0.4, 0.5) is 0 Å². The van der Waals surface area contributed by atoms with Crippen molar-refractivity contribution in [1.29, 1.82) is 0 Å². The molecule has 0 radical (unpaired) electrons. The number of carboxylic acid groups (broad SMARTS) is 2. The number of unbranched alkanes of at least 4 members (excludes halogenated alkanes) is 2. The van der Waals surface area contributed by atoms with Crippen molar-refractivity contribution in [2.45, 2.75) is 89.9 Å². The van der Waals surface area contributed by atoms with E-state index in [4.69, 9.17) is 10.2 Å². The fourth-order valence-corrected chi connectivity index (χ4v) is 4.97. The molecule has 2 N–H and O–H groups in total. The van der Waals surface area contributed by atoms with Crippen LogP contribution in [0.5, 0.6) is 0 Å². The average Bonchev–Trinajstić information content (AvgIpc) is 2.82. The molecule has 0 atom stereocenters. The van der Waals surface area contributed by atoms with E-state index in [1.54, 1.807) is 12.1 Å². The molecule has 0 heterocycles. The van der Waals surface area contributed by atoms with Crippen LogP contribution in [0.15, 0.2) is 36.4 Å². The van der Waals surface area contributed by atoms with Crippen molar-refractivity contribution >= 4 is 23.5 Å². The number of carbonyl (C=O) groups is 4. The van der Waals surface area contributed by atoms with Gasteiger partial charge in [0.2, 0.25) is 0 Å². The van der Waals surface area contributed by atoms with Crippen LogP contribution in [0.3, 0.4) is 0 Å². The summed E-state index contributed by atoms with van der Waals surface area (Å²) < 4.78 is 0. The highest BCUT2D eigenvalue weighted by atomic mass is 16.4. The summed E-state index contributed by atoms with van der Waals surface area (Å²) in [6.45, 7) is 8.29. The van der Waals surface area contributed by atoms with E-state index in [0.29, 0.717) is 35.1 Å². The Hall–Kier alpha value is -3.28. The third kappa shape index (κ3) is 6.10. The standard InChI is InChI=1S/C30H36O6/c1-29(2,15-7-5-9-25(31)32)19-11-13-21-23(17-19)28(36)24-18-20(12-14-22(24)27(21)35)30(3,4)16-8-6-10-26(33)34/h11-14,17-18H,5-10,15-16H2,1-4H3,(H,31,32)(H,33,34). The molecular weight excluding hydrogens is 456 g/mol. The van der Waals surface area contributed by atoms with Gasteiger partial charge in [0.05, 0.1) is 0 Å².